The zero-order valence-electron chi connectivity index (χ0n) is 8.36. The van der Waals surface area contributed by atoms with E-state index >= 15 is 0 Å². The standard InChI is InChI=1S/C10H14N2O2/c1-8(12-7-10(13)14-2)9-3-5-11-6-4-9/h3-6,8,12H,7H2,1-2H3/t8-/m0/s1. The van der Waals surface area contributed by atoms with Crippen molar-refractivity contribution in [1.29, 1.82) is 0 Å². The third-order valence-electron chi connectivity index (χ3n) is 1.99. The molecule has 4 heteroatoms. The highest BCUT2D eigenvalue weighted by Crippen LogP contribution is 2.09. The predicted octanol–water partition coefficient (Wildman–Crippen LogP) is 0.905. The van der Waals surface area contributed by atoms with Crippen molar-refractivity contribution in [3.63, 3.8) is 0 Å². The van der Waals surface area contributed by atoms with Gasteiger partial charge in [0.2, 0.25) is 0 Å². The minimum Gasteiger partial charge on any atom is -0.468 e. The maximum absolute atomic E-state index is 10.9. The number of aromatic nitrogens is 1. The molecule has 0 aliphatic carbocycles. The Bertz CT molecular complexity index is 287. The summed E-state index contributed by atoms with van der Waals surface area (Å²) in [4.78, 5) is 14.8. The number of pyridine rings is 1. The highest BCUT2D eigenvalue weighted by atomic mass is 16.5. The molecule has 0 aromatic carbocycles. The predicted molar refractivity (Wildman–Crippen MR) is 52.7 cm³/mol. The van der Waals surface area contributed by atoms with Crippen molar-refractivity contribution < 1.29 is 9.53 Å². The average Bonchev–Trinajstić information content (AvgIpc) is 2.26. The molecule has 1 heterocycles. The minimum atomic E-state index is -0.258. The fraction of sp³-hybridized carbons (Fsp3) is 0.400. The van der Waals surface area contributed by atoms with Crippen LogP contribution in [0, 0.1) is 0 Å². The van der Waals surface area contributed by atoms with Crippen LogP contribution < -0.4 is 5.32 Å². The first-order valence-corrected chi connectivity index (χ1v) is 4.44. The van der Waals surface area contributed by atoms with Crippen LogP contribution in [0.5, 0.6) is 0 Å². The Morgan fingerprint density at radius 2 is 2.21 bits per heavy atom. The molecule has 0 amide bonds. The molecule has 0 saturated heterocycles. The summed E-state index contributed by atoms with van der Waals surface area (Å²) in [6, 6.07) is 3.95. The molecule has 1 aromatic heterocycles. The molecule has 0 radical (unpaired) electrons. The lowest BCUT2D eigenvalue weighted by molar-refractivity contribution is -0.139. The quantitative estimate of drug-likeness (QED) is 0.724. The molecule has 0 aliphatic heterocycles. The first kappa shape index (κ1) is 10.7. The van der Waals surface area contributed by atoms with Gasteiger partial charge in [0.25, 0.3) is 0 Å². The van der Waals surface area contributed by atoms with Gasteiger partial charge in [0.15, 0.2) is 0 Å². The molecule has 76 valence electrons. The van der Waals surface area contributed by atoms with Gasteiger partial charge in [0.1, 0.15) is 0 Å². The van der Waals surface area contributed by atoms with Gasteiger partial charge in [-0.25, -0.2) is 0 Å². The highest BCUT2D eigenvalue weighted by molar-refractivity contribution is 5.71. The van der Waals surface area contributed by atoms with Gasteiger partial charge in [-0.2, -0.15) is 0 Å². The molecule has 0 fully saturated rings. The van der Waals surface area contributed by atoms with Crippen LogP contribution in [-0.2, 0) is 9.53 Å². The van der Waals surface area contributed by atoms with Crippen molar-refractivity contribution in [2.75, 3.05) is 13.7 Å². The number of rotatable bonds is 4. The molecular formula is C10H14N2O2. The maximum Gasteiger partial charge on any atom is 0.319 e. The molecule has 0 aliphatic rings. The molecule has 1 rings (SSSR count). The fourth-order valence-corrected chi connectivity index (χ4v) is 1.08. The van der Waals surface area contributed by atoms with Gasteiger partial charge in [0, 0.05) is 18.4 Å². The Morgan fingerprint density at radius 1 is 1.57 bits per heavy atom. The number of ether oxygens (including phenoxy) is 1. The van der Waals surface area contributed by atoms with E-state index in [4.69, 9.17) is 0 Å². The number of hydrogen-bond acceptors (Lipinski definition) is 4. The summed E-state index contributed by atoms with van der Waals surface area (Å²) >= 11 is 0. The normalized spacial score (nSPS) is 12.1. The summed E-state index contributed by atoms with van der Waals surface area (Å²) in [5.74, 6) is -0.258. The fourth-order valence-electron chi connectivity index (χ4n) is 1.08. The first-order chi connectivity index (χ1) is 6.74. The van der Waals surface area contributed by atoms with E-state index in [2.05, 4.69) is 15.0 Å². The van der Waals surface area contributed by atoms with Crippen LogP contribution in [0.1, 0.15) is 18.5 Å². The summed E-state index contributed by atoms with van der Waals surface area (Å²) in [7, 11) is 1.38. The van der Waals surface area contributed by atoms with E-state index in [1.807, 2.05) is 19.1 Å². The molecule has 0 saturated carbocycles. The number of esters is 1. The van der Waals surface area contributed by atoms with Crippen LogP contribution in [0.3, 0.4) is 0 Å². The van der Waals surface area contributed by atoms with Crippen molar-refractivity contribution in [1.82, 2.24) is 10.3 Å². The molecule has 1 aromatic rings. The Hall–Kier alpha value is -1.42. The van der Waals surface area contributed by atoms with Crippen LogP contribution in [-0.4, -0.2) is 24.6 Å². The topological polar surface area (TPSA) is 51.2 Å². The Balaban J connectivity index is 2.43. The van der Waals surface area contributed by atoms with Crippen LogP contribution >= 0.6 is 0 Å². The molecule has 1 N–H and O–H groups in total. The molecule has 0 spiro atoms. The van der Waals surface area contributed by atoms with Crippen molar-refractivity contribution >= 4 is 5.97 Å². The summed E-state index contributed by atoms with van der Waals surface area (Å²) in [6.07, 6.45) is 3.46. The van der Waals surface area contributed by atoms with E-state index in [0.717, 1.165) is 5.56 Å². The van der Waals surface area contributed by atoms with Gasteiger partial charge >= 0.3 is 5.97 Å². The summed E-state index contributed by atoms with van der Waals surface area (Å²) in [6.45, 7) is 2.21. The number of carbonyl (C=O) groups is 1. The molecular weight excluding hydrogens is 180 g/mol. The van der Waals surface area contributed by atoms with Gasteiger partial charge in [-0.3, -0.25) is 9.78 Å². The number of nitrogens with one attached hydrogen (secondary N) is 1. The van der Waals surface area contributed by atoms with E-state index in [1.165, 1.54) is 7.11 Å². The Morgan fingerprint density at radius 3 is 2.79 bits per heavy atom. The highest BCUT2D eigenvalue weighted by Gasteiger charge is 2.06. The second-order valence-corrected chi connectivity index (χ2v) is 2.96. The molecule has 0 bridgehead atoms. The van der Waals surface area contributed by atoms with Crippen LogP contribution in [0.2, 0.25) is 0 Å². The summed E-state index contributed by atoms with van der Waals surface area (Å²) in [5.41, 5.74) is 1.10. The minimum absolute atomic E-state index is 0.122. The van der Waals surface area contributed by atoms with E-state index in [9.17, 15) is 4.79 Å². The lowest BCUT2D eigenvalue weighted by Gasteiger charge is -2.12. The van der Waals surface area contributed by atoms with Crippen LogP contribution in [0.15, 0.2) is 24.5 Å². The lowest BCUT2D eigenvalue weighted by Crippen LogP contribution is -2.26. The number of nitrogens with zero attached hydrogens (tertiary/aromatic N) is 1. The van der Waals surface area contributed by atoms with Crippen LogP contribution in [0.25, 0.3) is 0 Å². The molecule has 1 atom stereocenters. The average molecular weight is 194 g/mol. The third kappa shape index (κ3) is 3.14. The second kappa shape index (κ2) is 5.34. The molecule has 0 unspecified atom stereocenters. The lowest BCUT2D eigenvalue weighted by atomic mass is 10.1. The summed E-state index contributed by atoms with van der Waals surface area (Å²) in [5, 5.41) is 3.05. The first-order valence-electron chi connectivity index (χ1n) is 4.44. The zero-order chi connectivity index (χ0) is 10.4. The van der Waals surface area contributed by atoms with Gasteiger partial charge in [-0.05, 0) is 24.6 Å². The number of methoxy groups -OCH3 is 1. The second-order valence-electron chi connectivity index (χ2n) is 2.96. The third-order valence-corrected chi connectivity index (χ3v) is 1.99. The molecule has 14 heavy (non-hydrogen) atoms. The van der Waals surface area contributed by atoms with E-state index in [-0.39, 0.29) is 18.6 Å². The summed E-state index contributed by atoms with van der Waals surface area (Å²) < 4.78 is 4.52. The maximum atomic E-state index is 10.9. The van der Waals surface area contributed by atoms with Gasteiger partial charge in [-0.1, -0.05) is 0 Å². The van der Waals surface area contributed by atoms with Gasteiger partial charge < -0.3 is 10.1 Å². The number of carbonyl (C=O) groups excluding carboxylic acids is 1. The smallest absolute Gasteiger partial charge is 0.319 e. The van der Waals surface area contributed by atoms with Gasteiger partial charge in [-0.15, -0.1) is 0 Å². The number of hydrogen-bond donors (Lipinski definition) is 1. The largest absolute Gasteiger partial charge is 0.468 e. The van der Waals surface area contributed by atoms with Crippen molar-refractivity contribution in [3.05, 3.63) is 30.1 Å². The van der Waals surface area contributed by atoms with Gasteiger partial charge in [0.05, 0.1) is 13.7 Å². The SMILES string of the molecule is COC(=O)CN[C@@H](C)c1ccncc1. The zero-order valence-corrected chi connectivity index (χ0v) is 8.36. The Labute approximate surface area is 83.3 Å². The van der Waals surface area contributed by atoms with Crippen molar-refractivity contribution in [2.45, 2.75) is 13.0 Å². The van der Waals surface area contributed by atoms with Crippen molar-refractivity contribution in [3.8, 4) is 0 Å². The monoisotopic (exact) mass is 194 g/mol. The van der Waals surface area contributed by atoms with E-state index in [1.54, 1.807) is 12.4 Å². The molecule has 4 nitrogen and oxygen atoms in total. The van der Waals surface area contributed by atoms with E-state index in [0.29, 0.717) is 0 Å². The van der Waals surface area contributed by atoms with Crippen molar-refractivity contribution in [2.24, 2.45) is 0 Å². The Kier molecular flexibility index (Phi) is 4.07. The van der Waals surface area contributed by atoms with Crippen LogP contribution in [0.4, 0.5) is 0 Å². The van der Waals surface area contributed by atoms with E-state index < -0.39 is 0 Å².